The van der Waals surface area contributed by atoms with Gasteiger partial charge in [-0.05, 0) is 19.1 Å². The number of ether oxygens (including phenoxy) is 2. The first-order valence-corrected chi connectivity index (χ1v) is 5.72. The normalized spacial score (nSPS) is 11.5. The molecule has 1 aromatic rings. The molecule has 3 N–H and O–H groups in total. The van der Waals surface area contributed by atoms with Gasteiger partial charge >= 0.3 is 0 Å². The fraction of sp³-hybridized carbons (Fsp3) is 0.333. The van der Waals surface area contributed by atoms with E-state index in [1.165, 1.54) is 7.11 Å². The monoisotopic (exact) mass is 268 g/mol. The Labute approximate surface area is 111 Å². The highest BCUT2D eigenvalue weighted by molar-refractivity contribution is 7.80. The smallest absolute Gasteiger partial charge is 0.234 e. The Morgan fingerprint density at radius 1 is 1.33 bits per heavy atom. The zero-order chi connectivity index (χ0) is 13.7. The Morgan fingerprint density at radius 3 is 2.44 bits per heavy atom. The van der Waals surface area contributed by atoms with Crippen LogP contribution in [0.15, 0.2) is 18.2 Å². The zero-order valence-corrected chi connectivity index (χ0v) is 11.3. The van der Waals surface area contributed by atoms with E-state index in [9.17, 15) is 4.79 Å². The molecule has 1 aromatic carbocycles. The average Bonchev–Trinajstić information content (AvgIpc) is 2.37. The second-order valence-electron chi connectivity index (χ2n) is 3.68. The molecule has 0 radical (unpaired) electrons. The maximum atomic E-state index is 11.8. The molecule has 0 bridgehead atoms. The highest BCUT2D eigenvalue weighted by atomic mass is 32.1. The van der Waals surface area contributed by atoms with E-state index in [-0.39, 0.29) is 10.9 Å². The molecule has 98 valence electrons. The van der Waals surface area contributed by atoms with E-state index in [4.69, 9.17) is 27.4 Å². The Bertz CT molecular complexity index is 463. The predicted molar refractivity (Wildman–Crippen MR) is 74.1 cm³/mol. The number of carbonyl (C=O) groups excluding carboxylic acids is 1. The summed E-state index contributed by atoms with van der Waals surface area (Å²) in [4.78, 5) is 11.9. The number of hydrogen-bond donors (Lipinski definition) is 2. The van der Waals surface area contributed by atoms with Gasteiger partial charge in [-0.15, -0.1) is 0 Å². The van der Waals surface area contributed by atoms with Crippen LogP contribution < -0.4 is 20.5 Å². The number of thiocarbonyl (C=S) groups is 1. The van der Waals surface area contributed by atoms with Crippen molar-refractivity contribution in [3.8, 4) is 11.5 Å². The van der Waals surface area contributed by atoms with Gasteiger partial charge in [0.25, 0.3) is 0 Å². The Hall–Kier alpha value is -1.82. The van der Waals surface area contributed by atoms with Crippen molar-refractivity contribution < 1.29 is 14.3 Å². The second kappa shape index (κ2) is 6.20. The number of hydrogen-bond acceptors (Lipinski definition) is 4. The van der Waals surface area contributed by atoms with Crippen molar-refractivity contribution in [2.75, 3.05) is 19.5 Å². The van der Waals surface area contributed by atoms with Crippen LogP contribution in [-0.2, 0) is 4.79 Å². The lowest BCUT2D eigenvalue weighted by Crippen LogP contribution is -2.30. The number of carbonyl (C=O) groups is 1. The Morgan fingerprint density at radius 2 is 1.94 bits per heavy atom. The lowest BCUT2D eigenvalue weighted by atomic mass is 10.1. The van der Waals surface area contributed by atoms with Gasteiger partial charge in [0.2, 0.25) is 5.91 Å². The zero-order valence-electron chi connectivity index (χ0n) is 10.5. The van der Waals surface area contributed by atoms with Crippen molar-refractivity contribution in [2.45, 2.75) is 6.92 Å². The molecule has 18 heavy (non-hydrogen) atoms. The number of nitrogens with two attached hydrogens (primary N) is 1. The van der Waals surface area contributed by atoms with Crippen LogP contribution in [0, 0.1) is 5.92 Å². The number of rotatable bonds is 5. The van der Waals surface area contributed by atoms with Crippen molar-refractivity contribution in [2.24, 2.45) is 11.7 Å². The van der Waals surface area contributed by atoms with Crippen LogP contribution in [-0.4, -0.2) is 25.1 Å². The van der Waals surface area contributed by atoms with Gasteiger partial charge in [0.1, 0.15) is 0 Å². The van der Waals surface area contributed by atoms with Crippen molar-refractivity contribution in [3.05, 3.63) is 18.2 Å². The molecule has 0 spiro atoms. The van der Waals surface area contributed by atoms with Crippen molar-refractivity contribution in [1.82, 2.24) is 0 Å². The van der Waals surface area contributed by atoms with Crippen LogP contribution in [0.1, 0.15) is 6.92 Å². The summed E-state index contributed by atoms with van der Waals surface area (Å²) in [5.41, 5.74) is 6.02. The van der Waals surface area contributed by atoms with E-state index in [0.717, 1.165) is 0 Å². The van der Waals surface area contributed by atoms with Crippen LogP contribution in [0.25, 0.3) is 0 Å². The summed E-state index contributed by atoms with van der Waals surface area (Å²) in [5, 5.41) is 2.71. The number of anilines is 1. The van der Waals surface area contributed by atoms with Gasteiger partial charge in [-0.3, -0.25) is 4.79 Å². The third-order valence-electron chi connectivity index (χ3n) is 2.47. The molecule has 0 saturated carbocycles. The molecule has 0 aliphatic heterocycles. The molecular formula is C12H16N2O3S. The number of benzene rings is 1. The summed E-state index contributed by atoms with van der Waals surface area (Å²) in [6, 6.07) is 5.09. The van der Waals surface area contributed by atoms with Gasteiger partial charge in [-0.25, -0.2) is 0 Å². The van der Waals surface area contributed by atoms with E-state index in [1.54, 1.807) is 32.2 Å². The maximum absolute atomic E-state index is 11.8. The van der Waals surface area contributed by atoms with Gasteiger partial charge in [0.15, 0.2) is 11.5 Å². The molecule has 0 heterocycles. The summed E-state index contributed by atoms with van der Waals surface area (Å²) in [6.45, 7) is 1.65. The summed E-state index contributed by atoms with van der Waals surface area (Å²) < 4.78 is 10.2. The molecule has 0 saturated heterocycles. The van der Waals surface area contributed by atoms with Crippen LogP contribution in [0.2, 0.25) is 0 Å². The molecule has 1 unspecified atom stereocenters. The molecule has 5 nitrogen and oxygen atoms in total. The fourth-order valence-corrected chi connectivity index (χ4v) is 1.40. The molecule has 1 atom stereocenters. The Kier molecular flexibility index (Phi) is 4.91. The van der Waals surface area contributed by atoms with E-state index < -0.39 is 5.92 Å². The Balaban J connectivity index is 2.86. The van der Waals surface area contributed by atoms with Gasteiger partial charge in [0, 0.05) is 11.8 Å². The molecule has 0 fully saturated rings. The van der Waals surface area contributed by atoms with E-state index in [1.807, 2.05) is 0 Å². The highest BCUT2D eigenvalue weighted by Gasteiger charge is 2.16. The fourth-order valence-electron chi connectivity index (χ4n) is 1.29. The third-order valence-corrected chi connectivity index (χ3v) is 2.82. The highest BCUT2D eigenvalue weighted by Crippen LogP contribution is 2.29. The van der Waals surface area contributed by atoms with Gasteiger partial charge in [-0.2, -0.15) is 0 Å². The molecule has 1 rings (SSSR count). The van der Waals surface area contributed by atoms with Crippen LogP contribution >= 0.6 is 12.2 Å². The first-order valence-electron chi connectivity index (χ1n) is 5.31. The quantitative estimate of drug-likeness (QED) is 0.793. The molecule has 6 heteroatoms. The minimum absolute atomic E-state index is 0.160. The lowest BCUT2D eigenvalue weighted by Gasteiger charge is -2.13. The van der Waals surface area contributed by atoms with Crippen molar-refractivity contribution >= 4 is 28.8 Å². The first-order chi connectivity index (χ1) is 8.49. The third kappa shape index (κ3) is 3.33. The topological polar surface area (TPSA) is 73.6 Å². The van der Waals surface area contributed by atoms with Crippen molar-refractivity contribution in [3.63, 3.8) is 0 Å². The summed E-state index contributed by atoms with van der Waals surface area (Å²) in [5.74, 6) is 0.360. The second-order valence-corrected chi connectivity index (χ2v) is 4.15. The lowest BCUT2D eigenvalue weighted by molar-refractivity contribution is -0.117. The largest absolute Gasteiger partial charge is 0.493 e. The number of amides is 1. The summed E-state index contributed by atoms with van der Waals surface area (Å²) >= 11 is 4.77. The van der Waals surface area contributed by atoms with E-state index in [0.29, 0.717) is 17.2 Å². The van der Waals surface area contributed by atoms with E-state index >= 15 is 0 Å². The minimum Gasteiger partial charge on any atom is -0.493 e. The average molecular weight is 268 g/mol. The molecule has 0 aromatic heterocycles. The van der Waals surface area contributed by atoms with Gasteiger partial charge < -0.3 is 20.5 Å². The number of methoxy groups -OCH3 is 2. The van der Waals surface area contributed by atoms with Gasteiger partial charge in [0.05, 0.1) is 25.1 Å². The van der Waals surface area contributed by atoms with E-state index in [2.05, 4.69) is 5.32 Å². The SMILES string of the molecule is COc1ccc(NC(=O)C(C)C(N)=S)cc1OC. The maximum Gasteiger partial charge on any atom is 0.234 e. The molecular weight excluding hydrogens is 252 g/mol. The molecule has 1 amide bonds. The van der Waals surface area contributed by atoms with Crippen LogP contribution in [0.5, 0.6) is 11.5 Å². The summed E-state index contributed by atoms with van der Waals surface area (Å²) in [6.07, 6.45) is 0. The molecule has 0 aliphatic carbocycles. The van der Waals surface area contributed by atoms with Crippen LogP contribution in [0.3, 0.4) is 0 Å². The van der Waals surface area contributed by atoms with Crippen LogP contribution in [0.4, 0.5) is 5.69 Å². The standard InChI is InChI=1S/C12H16N2O3S/c1-7(11(13)18)12(15)14-8-4-5-9(16-2)10(6-8)17-3/h4-7H,1-3H3,(H2,13,18)(H,14,15). The molecule has 0 aliphatic rings. The first kappa shape index (κ1) is 14.2. The van der Waals surface area contributed by atoms with Crippen molar-refractivity contribution in [1.29, 1.82) is 0 Å². The minimum atomic E-state index is -0.520. The predicted octanol–water partition coefficient (Wildman–Crippen LogP) is 1.56. The number of nitrogens with one attached hydrogen (secondary N) is 1. The summed E-state index contributed by atoms with van der Waals surface area (Å²) in [7, 11) is 3.08. The van der Waals surface area contributed by atoms with Gasteiger partial charge in [-0.1, -0.05) is 12.2 Å².